The van der Waals surface area contributed by atoms with Gasteiger partial charge in [0.05, 0.1) is 7.11 Å². The predicted molar refractivity (Wildman–Crippen MR) is 109 cm³/mol. The van der Waals surface area contributed by atoms with Crippen molar-refractivity contribution in [1.29, 1.82) is 0 Å². The molecule has 1 aromatic carbocycles. The van der Waals surface area contributed by atoms with E-state index in [0.29, 0.717) is 31.4 Å². The van der Waals surface area contributed by atoms with Gasteiger partial charge in [0.25, 0.3) is 0 Å². The summed E-state index contributed by atoms with van der Waals surface area (Å²) in [4.78, 5) is 10.9. The van der Waals surface area contributed by atoms with Crippen LogP contribution in [0.5, 0.6) is 5.75 Å². The van der Waals surface area contributed by atoms with E-state index >= 15 is 0 Å². The van der Waals surface area contributed by atoms with E-state index in [0.717, 1.165) is 43.9 Å². The average molecular weight is 437 g/mol. The number of methoxy groups -OCH3 is 1. The average Bonchev–Trinajstić information content (AvgIpc) is 3.22. The standard InChI is InChI=1S/C20H25FN4O4S/c1-28-18-3-2-15(21)12-19(18)30(26,27)24-16-5-9-25(13-16)20-22-8-4-17(23-20)14-6-10-29-11-7-14/h2-4,8,12,14,16,24H,5-7,9-11,13H2,1H3. The van der Waals surface area contributed by atoms with Crippen molar-refractivity contribution in [2.24, 2.45) is 0 Å². The van der Waals surface area contributed by atoms with Gasteiger partial charge in [0.15, 0.2) is 0 Å². The van der Waals surface area contributed by atoms with Crippen molar-refractivity contribution < 1.29 is 22.3 Å². The van der Waals surface area contributed by atoms with Crippen LogP contribution in [-0.2, 0) is 14.8 Å². The van der Waals surface area contributed by atoms with Crippen LogP contribution in [0.4, 0.5) is 10.3 Å². The van der Waals surface area contributed by atoms with Crippen LogP contribution in [0.2, 0.25) is 0 Å². The Bertz CT molecular complexity index is 998. The summed E-state index contributed by atoms with van der Waals surface area (Å²) in [7, 11) is -2.58. The Balaban J connectivity index is 1.45. The first kappa shape index (κ1) is 21.0. The molecule has 162 valence electrons. The molecule has 2 aromatic rings. The fraction of sp³-hybridized carbons (Fsp3) is 0.500. The number of halogens is 1. The first-order valence-corrected chi connectivity index (χ1v) is 11.5. The molecular formula is C20H25FN4O4S. The molecule has 2 fully saturated rings. The molecule has 8 nitrogen and oxygen atoms in total. The van der Waals surface area contributed by atoms with Gasteiger partial charge in [-0.1, -0.05) is 0 Å². The van der Waals surface area contributed by atoms with E-state index in [1.807, 2.05) is 11.0 Å². The fourth-order valence-electron chi connectivity index (χ4n) is 3.92. The number of sulfonamides is 1. The number of hydrogen-bond acceptors (Lipinski definition) is 7. The maximum absolute atomic E-state index is 13.6. The van der Waals surface area contributed by atoms with Crippen LogP contribution in [0.15, 0.2) is 35.4 Å². The number of nitrogens with one attached hydrogen (secondary N) is 1. The van der Waals surface area contributed by atoms with Gasteiger partial charge < -0.3 is 14.4 Å². The lowest BCUT2D eigenvalue weighted by atomic mass is 9.96. The summed E-state index contributed by atoms with van der Waals surface area (Å²) in [6.07, 6.45) is 4.23. The molecule has 0 aliphatic carbocycles. The second-order valence-corrected chi connectivity index (χ2v) is 9.20. The normalized spacial score (nSPS) is 20.5. The third-order valence-electron chi connectivity index (χ3n) is 5.51. The molecule has 1 unspecified atom stereocenters. The predicted octanol–water partition coefficient (Wildman–Crippen LogP) is 2.08. The number of aromatic nitrogens is 2. The van der Waals surface area contributed by atoms with E-state index in [1.54, 1.807) is 6.20 Å². The molecular weight excluding hydrogens is 411 g/mol. The smallest absolute Gasteiger partial charge is 0.244 e. The Labute approximate surface area is 175 Å². The van der Waals surface area contributed by atoms with Gasteiger partial charge in [-0.15, -0.1) is 0 Å². The zero-order chi connectivity index (χ0) is 21.1. The number of anilines is 1. The number of rotatable bonds is 6. The van der Waals surface area contributed by atoms with Gasteiger partial charge in [-0.2, -0.15) is 0 Å². The van der Waals surface area contributed by atoms with Crippen molar-refractivity contribution in [2.75, 3.05) is 38.3 Å². The third kappa shape index (κ3) is 4.55. The minimum atomic E-state index is -3.94. The summed E-state index contributed by atoms with van der Waals surface area (Å²) in [5.74, 6) is 0.427. The highest BCUT2D eigenvalue weighted by atomic mass is 32.2. The van der Waals surface area contributed by atoms with Crippen molar-refractivity contribution in [3.8, 4) is 5.75 Å². The van der Waals surface area contributed by atoms with E-state index in [4.69, 9.17) is 14.5 Å². The summed E-state index contributed by atoms with van der Waals surface area (Å²) in [5.41, 5.74) is 0.997. The Morgan fingerprint density at radius 1 is 1.23 bits per heavy atom. The monoisotopic (exact) mass is 436 g/mol. The molecule has 0 radical (unpaired) electrons. The second-order valence-electron chi connectivity index (χ2n) is 7.52. The minimum Gasteiger partial charge on any atom is -0.495 e. The van der Waals surface area contributed by atoms with Crippen molar-refractivity contribution in [2.45, 2.75) is 36.1 Å². The molecule has 1 aromatic heterocycles. The molecule has 1 atom stereocenters. The van der Waals surface area contributed by atoms with E-state index < -0.39 is 15.8 Å². The molecule has 0 amide bonds. The molecule has 1 N–H and O–H groups in total. The largest absolute Gasteiger partial charge is 0.495 e. The van der Waals surface area contributed by atoms with Crippen LogP contribution in [-0.4, -0.2) is 57.8 Å². The zero-order valence-electron chi connectivity index (χ0n) is 16.8. The first-order valence-electron chi connectivity index (χ1n) is 9.98. The Kier molecular flexibility index (Phi) is 6.16. The first-order chi connectivity index (χ1) is 14.5. The van der Waals surface area contributed by atoms with Crippen molar-refractivity contribution in [1.82, 2.24) is 14.7 Å². The third-order valence-corrected chi connectivity index (χ3v) is 7.05. The lowest BCUT2D eigenvalue weighted by molar-refractivity contribution is 0.0845. The lowest BCUT2D eigenvalue weighted by Crippen LogP contribution is -2.37. The van der Waals surface area contributed by atoms with E-state index in [9.17, 15) is 12.8 Å². The van der Waals surface area contributed by atoms with Crippen molar-refractivity contribution in [3.63, 3.8) is 0 Å². The molecule has 0 bridgehead atoms. The number of benzene rings is 1. The SMILES string of the molecule is COc1ccc(F)cc1S(=O)(=O)NC1CCN(c2nccc(C3CCOCC3)n2)C1. The Morgan fingerprint density at radius 2 is 2.03 bits per heavy atom. The van der Waals surface area contributed by atoms with Crippen LogP contribution in [0.1, 0.15) is 30.9 Å². The quantitative estimate of drug-likeness (QED) is 0.741. The Morgan fingerprint density at radius 3 is 2.80 bits per heavy atom. The van der Waals surface area contributed by atoms with Crippen molar-refractivity contribution >= 4 is 16.0 Å². The van der Waals surface area contributed by atoms with Crippen LogP contribution < -0.4 is 14.4 Å². The second kappa shape index (κ2) is 8.83. The highest BCUT2D eigenvalue weighted by Crippen LogP contribution is 2.28. The number of ether oxygens (including phenoxy) is 2. The number of nitrogens with zero attached hydrogens (tertiary/aromatic N) is 3. The summed E-state index contributed by atoms with van der Waals surface area (Å²) in [5, 5.41) is 0. The van der Waals surface area contributed by atoms with Gasteiger partial charge >= 0.3 is 0 Å². The Hall–Kier alpha value is -2.30. The molecule has 0 spiro atoms. The summed E-state index contributed by atoms with van der Waals surface area (Å²) >= 11 is 0. The maximum atomic E-state index is 13.6. The van der Waals surface area contributed by atoms with Crippen LogP contribution in [0, 0.1) is 5.82 Å². The van der Waals surface area contributed by atoms with E-state index in [2.05, 4.69) is 9.71 Å². The van der Waals surface area contributed by atoms with Crippen LogP contribution in [0.25, 0.3) is 0 Å². The topological polar surface area (TPSA) is 93.7 Å². The minimum absolute atomic E-state index is 0.103. The molecule has 4 rings (SSSR count). The molecule has 2 saturated heterocycles. The molecule has 0 saturated carbocycles. The molecule has 10 heteroatoms. The van der Waals surface area contributed by atoms with Gasteiger partial charge in [0.1, 0.15) is 16.5 Å². The highest BCUT2D eigenvalue weighted by Gasteiger charge is 2.30. The summed E-state index contributed by atoms with van der Waals surface area (Å²) in [6, 6.07) is 5.04. The van der Waals surface area contributed by atoms with E-state index in [1.165, 1.54) is 13.2 Å². The van der Waals surface area contributed by atoms with E-state index in [-0.39, 0.29) is 16.7 Å². The lowest BCUT2D eigenvalue weighted by Gasteiger charge is -2.23. The summed E-state index contributed by atoms with van der Waals surface area (Å²) < 4.78 is 52.4. The molecule has 30 heavy (non-hydrogen) atoms. The zero-order valence-corrected chi connectivity index (χ0v) is 17.6. The van der Waals surface area contributed by atoms with Gasteiger partial charge in [-0.3, -0.25) is 0 Å². The molecule has 3 heterocycles. The van der Waals surface area contributed by atoms with Crippen molar-refractivity contribution in [3.05, 3.63) is 42.0 Å². The highest BCUT2D eigenvalue weighted by molar-refractivity contribution is 7.89. The summed E-state index contributed by atoms with van der Waals surface area (Å²) in [6.45, 7) is 2.54. The number of hydrogen-bond donors (Lipinski definition) is 1. The molecule has 2 aliphatic rings. The van der Waals surface area contributed by atoms with Crippen LogP contribution in [0.3, 0.4) is 0 Å². The van der Waals surface area contributed by atoms with Gasteiger partial charge in [-0.25, -0.2) is 27.5 Å². The van der Waals surface area contributed by atoms with Crippen LogP contribution >= 0.6 is 0 Å². The maximum Gasteiger partial charge on any atom is 0.244 e. The molecule has 2 aliphatic heterocycles. The van der Waals surface area contributed by atoms with Gasteiger partial charge in [-0.05, 0) is 43.5 Å². The van der Waals surface area contributed by atoms with Gasteiger partial charge in [0, 0.05) is 50.2 Å². The fourth-order valence-corrected chi connectivity index (χ4v) is 5.36. The van der Waals surface area contributed by atoms with Gasteiger partial charge in [0.2, 0.25) is 16.0 Å².